The zero-order chi connectivity index (χ0) is 15.3. The number of benzene rings is 2. The molecule has 0 heterocycles. The van der Waals surface area contributed by atoms with E-state index in [4.69, 9.17) is 16.9 Å². The van der Waals surface area contributed by atoms with Crippen molar-refractivity contribution in [1.29, 1.82) is 5.26 Å². The zero-order valence-corrected chi connectivity index (χ0v) is 12.7. The second kappa shape index (κ2) is 6.61. The van der Waals surface area contributed by atoms with Gasteiger partial charge in [0, 0.05) is 11.6 Å². The van der Waals surface area contributed by atoms with E-state index in [-0.39, 0.29) is 17.9 Å². The first-order chi connectivity index (χ1) is 10.1. The molecule has 0 fully saturated rings. The Labute approximate surface area is 129 Å². The van der Waals surface area contributed by atoms with Crippen molar-refractivity contribution in [3.63, 3.8) is 0 Å². The molecule has 0 aliphatic rings. The fraction of sp³-hybridized carbons (Fsp3) is 0.133. The summed E-state index contributed by atoms with van der Waals surface area (Å²) in [5.74, 6) is 0. The lowest BCUT2D eigenvalue weighted by Crippen LogP contribution is -2.31. The molecule has 2 aromatic rings. The average molecular weight is 321 g/mol. The van der Waals surface area contributed by atoms with Crippen molar-refractivity contribution >= 4 is 27.3 Å². The minimum absolute atomic E-state index is 0.0926. The van der Waals surface area contributed by atoms with Crippen LogP contribution >= 0.6 is 11.6 Å². The number of halogens is 1. The van der Waals surface area contributed by atoms with Crippen LogP contribution < -0.4 is 4.31 Å². The van der Waals surface area contributed by atoms with Gasteiger partial charge in [-0.3, -0.25) is 4.31 Å². The Kier molecular flexibility index (Phi) is 4.84. The predicted molar refractivity (Wildman–Crippen MR) is 82.7 cm³/mol. The molecule has 0 N–H and O–H groups in total. The Bertz CT molecular complexity index is 755. The summed E-state index contributed by atoms with van der Waals surface area (Å²) in [5, 5.41) is 9.10. The van der Waals surface area contributed by atoms with Crippen LogP contribution in [0.1, 0.15) is 6.42 Å². The number of sulfonamides is 1. The average Bonchev–Trinajstić information content (AvgIpc) is 2.48. The lowest BCUT2D eigenvalue weighted by molar-refractivity contribution is 0.591. The first kappa shape index (κ1) is 15.4. The number of nitrogens with zero attached hydrogens (tertiary/aromatic N) is 2. The molecule has 0 spiro atoms. The molecule has 6 heteroatoms. The Morgan fingerprint density at radius 1 is 1.10 bits per heavy atom. The molecular formula is C15H13ClN2O2S. The summed E-state index contributed by atoms with van der Waals surface area (Å²) in [7, 11) is -3.75. The summed E-state index contributed by atoms with van der Waals surface area (Å²) < 4.78 is 26.7. The molecule has 108 valence electrons. The van der Waals surface area contributed by atoms with Crippen LogP contribution in [-0.2, 0) is 10.0 Å². The highest BCUT2D eigenvalue weighted by molar-refractivity contribution is 7.92. The highest BCUT2D eigenvalue weighted by Gasteiger charge is 2.24. The minimum atomic E-state index is -3.75. The molecule has 0 saturated heterocycles. The standard InChI is InChI=1S/C15H13ClN2O2S/c16-13-6-4-9-15(12-13)21(19,20)18(11-5-10-17)14-7-2-1-3-8-14/h1-4,6-9,12H,5,11H2. The molecule has 0 aromatic heterocycles. The number of hydrogen-bond donors (Lipinski definition) is 0. The molecule has 0 atom stereocenters. The summed E-state index contributed by atoms with van der Waals surface area (Å²) in [6, 6.07) is 16.8. The van der Waals surface area contributed by atoms with Crippen molar-refractivity contribution in [3.8, 4) is 6.07 Å². The van der Waals surface area contributed by atoms with E-state index in [0.29, 0.717) is 10.7 Å². The van der Waals surface area contributed by atoms with Gasteiger partial charge in [0.2, 0.25) is 0 Å². The minimum Gasteiger partial charge on any atom is -0.265 e. The first-order valence-corrected chi connectivity index (χ1v) is 8.08. The molecular weight excluding hydrogens is 308 g/mol. The smallest absolute Gasteiger partial charge is 0.264 e. The molecule has 4 nitrogen and oxygen atoms in total. The van der Waals surface area contributed by atoms with Gasteiger partial charge in [0.15, 0.2) is 0 Å². The maximum Gasteiger partial charge on any atom is 0.264 e. The van der Waals surface area contributed by atoms with Crippen LogP contribution in [0.2, 0.25) is 5.02 Å². The second-order valence-electron chi connectivity index (χ2n) is 4.28. The van der Waals surface area contributed by atoms with E-state index in [1.54, 1.807) is 42.5 Å². The van der Waals surface area contributed by atoms with Crippen molar-refractivity contribution < 1.29 is 8.42 Å². The fourth-order valence-corrected chi connectivity index (χ4v) is 3.66. The highest BCUT2D eigenvalue weighted by Crippen LogP contribution is 2.25. The summed E-state index contributed by atoms with van der Waals surface area (Å²) in [6.45, 7) is 0.0926. The fourth-order valence-electron chi connectivity index (χ4n) is 1.89. The maximum absolute atomic E-state index is 12.7. The topological polar surface area (TPSA) is 61.2 Å². The van der Waals surface area contributed by atoms with E-state index in [0.717, 1.165) is 0 Å². The van der Waals surface area contributed by atoms with Gasteiger partial charge in [-0.1, -0.05) is 35.9 Å². The third kappa shape index (κ3) is 3.54. The van der Waals surface area contributed by atoms with Crippen molar-refractivity contribution in [1.82, 2.24) is 0 Å². The molecule has 0 radical (unpaired) electrons. The van der Waals surface area contributed by atoms with E-state index in [9.17, 15) is 8.42 Å². The number of para-hydroxylation sites is 1. The SMILES string of the molecule is N#CCCN(c1ccccc1)S(=O)(=O)c1cccc(Cl)c1. The van der Waals surface area contributed by atoms with E-state index in [1.165, 1.54) is 16.4 Å². The van der Waals surface area contributed by atoms with Gasteiger partial charge in [0.25, 0.3) is 10.0 Å². The summed E-state index contributed by atoms with van der Waals surface area (Å²) >= 11 is 5.87. The Balaban J connectivity index is 2.48. The van der Waals surface area contributed by atoms with Crippen LogP contribution in [0.4, 0.5) is 5.69 Å². The molecule has 0 aliphatic heterocycles. The van der Waals surface area contributed by atoms with Crippen LogP contribution in [-0.4, -0.2) is 15.0 Å². The Morgan fingerprint density at radius 2 is 1.81 bits per heavy atom. The van der Waals surface area contributed by atoms with Gasteiger partial charge in [-0.2, -0.15) is 5.26 Å². The molecule has 0 unspecified atom stereocenters. The summed E-state index contributed by atoms with van der Waals surface area (Å²) in [5.41, 5.74) is 0.521. The number of rotatable bonds is 5. The molecule has 21 heavy (non-hydrogen) atoms. The lowest BCUT2D eigenvalue weighted by atomic mass is 10.3. The van der Waals surface area contributed by atoms with Gasteiger partial charge < -0.3 is 0 Å². The Morgan fingerprint density at radius 3 is 2.43 bits per heavy atom. The first-order valence-electron chi connectivity index (χ1n) is 6.26. The van der Waals surface area contributed by atoms with Crippen molar-refractivity contribution in [2.45, 2.75) is 11.3 Å². The predicted octanol–water partition coefficient (Wildman–Crippen LogP) is 3.45. The zero-order valence-electron chi connectivity index (χ0n) is 11.1. The number of hydrogen-bond acceptors (Lipinski definition) is 3. The van der Waals surface area contributed by atoms with Gasteiger partial charge in [0.1, 0.15) is 0 Å². The third-order valence-electron chi connectivity index (χ3n) is 2.85. The number of anilines is 1. The summed E-state index contributed by atoms with van der Waals surface area (Å²) in [4.78, 5) is 0.108. The van der Waals surface area contributed by atoms with E-state index >= 15 is 0 Å². The van der Waals surface area contributed by atoms with Crippen LogP contribution in [0, 0.1) is 11.3 Å². The van der Waals surface area contributed by atoms with E-state index in [2.05, 4.69) is 0 Å². The monoisotopic (exact) mass is 320 g/mol. The molecule has 2 rings (SSSR count). The van der Waals surface area contributed by atoms with Crippen LogP contribution in [0.3, 0.4) is 0 Å². The Hall–Kier alpha value is -2.03. The normalized spacial score (nSPS) is 10.9. The molecule has 0 amide bonds. The molecule has 2 aromatic carbocycles. The van der Waals surface area contributed by atoms with Gasteiger partial charge in [-0.25, -0.2) is 8.42 Å². The lowest BCUT2D eigenvalue weighted by Gasteiger charge is -2.23. The van der Waals surface area contributed by atoms with Crippen LogP contribution in [0.5, 0.6) is 0 Å². The third-order valence-corrected chi connectivity index (χ3v) is 4.91. The molecule has 0 bridgehead atoms. The van der Waals surface area contributed by atoms with Gasteiger partial charge in [-0.05, 0) is 30.3 Å². The number of nitriles is 1. The second-order valence-corrected chi connectivity index (χ2v) is 6.58. The van der Waals surface area contributed by atoms with E-state index in [1.807, 2.05) is 6.07 Å². The maximum atomic E-state index is 12.7. The molecule has 0 aliphatic carbocycles. The van der Waals surface area contributed by atoms with Crippen molar-refractivity contribution in [2.75, 3.05) is 10.8 Å². The molecule has 0 saturated carbocycles. The van der Waals surface area contributed by atoms with E-state index < -0.39 is 10.0 Å². The quantitative estimate of drug-likeness (QED) is 0.847. The van der Waals surface area contributed by atoms with Gasteiger partial charge >= 0.3 is 0 Å². The van der Waals surface area contributed by atoms with Gasteiger partial charge in [0.05, 0.1) is 23.1 Å². The van der Waals surface area contributed by atoms with Crippen molar-refractivity contribution in [2.24, 2.45) is 0 Å². The van der Waals surface area contributed by atoms with Crippen LogP contribution in [0.15, 0.2) is 59.5 Å². The van der Waals surface area contributed by atoms with Crippen LogP contribution in [0.25, 0.3) is 0 Å². The summed E-state index contributed by atoms with van der Waals surface area (Å²) in [6.07, 6.45) is 0.106. The van der Waals surface area contributed by atoms with Gasteiger partial charge in [-0.15, -0.1) is 0 Å². The largest absolute Gasteiger partial charge is 0.265 e. The van der Waals surface area contributed by atoms with Crippen molar-refractivity contribution in [3.05, 3.63) is 59.6 Å². The highest BCUT2D eigenvalue weighted by atomic mass is 35.5.